The highest BCUT2D eigenvalue weighted by Gasteiger charge is 2.36. The molecular weight excluding hydrogens is 493 g/mol. The van der Waals surface area contributed by atoms with Crippen molar-refractivity contribution in [2.24, 2.45) is 11.8 Å². The van der Waals surface area contributed by atoms with Gasteiger partial charge in [-0.05, 0) is 117 Å². The van der Waals surface area contributed by atoms with Crippen LogP contribution in [0, 0.1) is 17.7 Å². The number of halogens is 3. The van der Waals surface area contributed by atoms with Crippen molar-refractivity contribution in [1.82, 2.24) is 0 Å². The summed E-state index contributed by atoms with van der Waals surface area (Å²) in [5.74, 6) is 1.42. The van der Waals surface area contributed by atoms with Crippen molar-refractivity contribution >= 4 is 0 Å². The zero-order valence-corrected chi connectivity index (χ0v) is 23.9. The Bertz CT molecular complexity index is 1030. The molecule has 0 amide bonds. The number of rotatable bonds is 12. The quantitative estimate of drug-likeness (QED) is 0.192. The minimum atomic E-state index is -3.65. The standard InChI is InChI=1S/C35H47F3O/c1-3-5-6-8-27-11-15-29(16-12-27)30-17-13-28(14-18-30)23-24-39-35(37,38)33-22-21-32(25-34(33)36)31-19-9-26(7-4-2)10-20-31/h4,7,13-14,17-18,21-22,25-27,29,31H,3,5-6,8-12,15-16,19-20,23-24H2,1-2H3/b7-4+/t26-,27-,29-,31-. The molecule has 2 aliphatic carbocycles. The number of hydrogen-bond acceptors (Lipinski definition) is 1. The summed E-state index contributed by atoms with van der Waals surface area (Å²) in [4.78, 5) is 0. The molecule has 0 aromatic heterocycles. The lowest BCUT2D eigenvalue weighted by molar-refractivity contribution is -0.249. The zero-order valence-electron chi connectivity index (χ0n) is 23.9. The summed E-state index contributed by atoms with van der Waals surface area (Å²) in [6, 6.07) is 12.5. The van der Waals surface area contributed by atoms with E-state index in [1.807, 2.05) is 19.1 Å². The monoisotopic (exact) mass is 540 g/mol. The molecule has 2 saturated carbocycles. The van der Waals surface area contributed by atoms with Crippen molar-refractivity contribution in [3.63, 3.8) is 0 Å². The van der Waals surface area contributed by atoms with E-state index in [-0.39, 0.29) is 12.5 Å². The van der Waals surface area contributed by atoms with Gasteiger partial charge in [0.05, 0.1) is 12.2 Å². The highest BCUT2D eigenvalue weighted by molar-refractivity contribution is 5.30. The molecule has 2 aliphatic rings. The van der Waals surface area contributed by atoms with Gasteiger partial charge in [-0.15, -0.1) is 0 Å². The van der Waals surface area contributed by atoms with Crippen LogP contribution < -0.4 is 0 Å². The lowest BCUT2D eigenvalue weighted by Crippen LogP contribution is -2.22. The Hall–Kier alpha value is -2.07. The average Bonchev–Trinajstić information content (AvgIpc) is 2.94. The first kappa shape index (κ1) is 29.9. The fourth-order valence-electron chi connectivity index (χ4n) is 6.74. The lowest BCUT2D eigenvalue weighted by atomic mass is 9.77. The molecule has 4 rings (SSSR count). The Kier molecular flexibility index (Phi) is 11.1. The second-order valence-corrected chi connectivity index (χ2v) is 11.9. The average molecular weight is 541 g/mol. The Labute approximate surface area is 234 Å². The predicted octanol–water partition coefficient (Wildman–Crippen LogP) is 10.8. The van der Waals surface area contributed by atoms with Crippen LogP contribution in [0.1, 0.15) is 125 Å². The van der Waals surface area contributed by atoms with Gasteiger partial charge in [0.1, 0.15) is 5.82 Å². The van der Waals surface area contributed by atoms with Crippen LogP contribution in [0.3, 0.4) is 0 Å². The van der Waals surface area contributed by atoms with E-state index in [1.54, 1.807) is 6.07 Å². The third-order valence-corrected chi connectivity index (χ3v) is 9.20. The molecule has 0 saturated heterocycles. The second kappa shape index (κ2) is 14.5. The Morgan fingerprint density at radius 3 is 2.13 bits per heavy atom. The molecule has 0 spiro atoms. The van der Waals surface area contributed by atoms with Crippen molar-refractivity contribution < 1.29 is 17.9 Å². The lowest BCUT2D eigenvalue weighted by Gasteiger charge is -2.29. The molecule has 0 unspecified atom stereocenters. The van der Waals surface area contributed by atoms with Gasteiger partial charge >= 0.3 is 6.11 Å². The number of alkyl halides is 2. The van der Waals surface area contributed by atoms with Crippen LogP contribution in [-0.4, -0.2) is 6.61 Å². The van der Waals surface area contributed by atoms with Gasteiger partial charge in [-0.1, -0.05) is 75.1 Å². The molecule has 0 heterocycles. The summed E-state index contributed by atoms with van der Waals surface area (Å²) < 4.78 is 49.3. The third-order valence-electron chi connectivity index (χ3n) is 9.20. The van der Waals surface area contributed by atoms with Gasteiger partial charge in [0.25, 0.3) is 0 Å². The van der Waals surface area contributed by atoms with E-state index in [2.05, 4.69) is 31.2 Å². The first-order chi connectivity index (χ1) is 18.9. The highest BCUT2D eigenvalue weighted by Crippen LogP contribution is 2.40. The van der Waals surface area contributed by atoms with Crippen molar-refractivity contribution in [3.05, 3.63) is 82.7 Å². The molecule has 0 radical (unpaired) electrons. The largest absolute Gasteiger partial charge is 0.386 e. The van der Waals surface area contributed by atoms with E-state index in [1.165, 1.54) is 69.1 Å². The van der Waals surface area contributed by atoms with Gasteiger partial charge in [0, 0.05) is 0 Å². The van der Waals surface area contributed by atoms with E-state index >= 15 is 0 Å². The van der Waals surface area contributed by atoms with Gasteiger partial charge in [-0.2, -0.15) is 8.78 Å². The van der Waals surface area contributed by atoms with Crippen LogP contribution >= 0.6 is 0 Å². The molecule has 4 heteroatoms. The number of unbranched alkanes of at least 4 members (excludes halogenated alkanes) is 2. The molecule has 39 heavy (non-hydrogen) atoms. The van der Waals surface area contributed by atoms with Crippen molar-refractivity contribution in [3.8, 4) is 0 Å². The van der Waals surface area contributed by atoms with Crippen LogP contribution in [0.4, 0.5) is 13.2 Å². The fourth-order valence-corrected chi connectivity index (χ4v) is 6.74. The van der Waals surface area contributed by atoms with Crippen molar-refractivity contribution in [2.45, 2.75) is 115 Å². The van der Waals surface area contributed by atoms with Gasteiger partial charge < -0.3 is 4.74 Å². The van der Waals surface area contributed by atoms with Crippen molar-refractivity contribution in [2.75, 3.05) is 6.61 Å². The summed E-state index contributed by atoms with van der Waals surface area (Å²) in [6.45, 7) is 4.12. The van der Waals surface area contributed by atoms with Gasteiger partial charge in [-0.3, -0.25) is 0 Å². The molecule has 2 fully saturated rings. The third kappa shape index (κ3) is 8.46. The maximum absolute atomic E-state index is 14.8. The Balaban J connectivity index is 1.24. The van der Waals surface area contributed by atoms with E-state index < -0.39 is 17.5 Å². The SMILES string of the molecule is C/C=C/[C@H]1CC[C@H](c2ccc(C(F)(F)OCCc3ccc([C@H]4CC[C@H](CCCCC)CC4)cc3)c(F)c2)CC1. The summed E-state index contributed by atoms with van der Waals surface area (Å²) >= 11 is 0. The number of benzene rings is 2. The first-order valence-electron chi connectivity index (χ1n) is 15.4. The van der Waals surface area contributed by atoms with Crippen molar-refractivity contribution in [1.29, 1.82) is 0 Å². The molecule has 0 N–H and O–H groups in total. The molecule has 0 bridgehead atoms. The van der Waals surface area contributed by atoms with Crippen LogP contribution in [0.5, 0.6) is 0 Å². The van der Waals surface area contributed by atoms with Crippen LogP contribution in [0.15, 0.2) is 54.6 Å². The molecule has 2 aromatic rings. The zero-order chi connectivity index (χ0) is 27.7. The van der Waals surface area contributed by atoms with E-state index in [9.17, 15) is 13.2 Å². The van der Waals surface area contributed by atoms with E-state index in [4.69, 9.17) is 4.74 Å². The maximum atomic E-state index is 14.8. The molecule has 1 nitrogen and oxygen atoms in total. The molecule has 0 aliphatic heterocycles. The smallest absolute Gasteiger partial charge is 0.316 e. The molecule has 2 aromatic carbocycles. The minimum Gasteiger partial charge on any atom is -0.316 e. The molecule has 214 valence electrons. The summed E-state index contributed by atoms with van der Waals surface area (Å²) in [7, 11) is 0. The number of hydrogen-bond donors (Lipinski definition) is 0. The summed E-state index contributed by atoms with van der Waals surface area (Å²) in [5, 5.41) is 0. The predicted molar refractivity (Wildman–Crippen MR) is 155 cm³/mol. The van der Waals surface area contributed by atoms with Gasteiger partial charge in [0.15, 0.2) is 0 Å². The van der Waals surface area contributed by atoms with Crippen LogP contribution in [0.25, 0.3) is 0 Å². The normalized spacial score (nSPS) is 24.3. The Morgan fingerprint density at radius 2 is 1.49 bits per heavy atom. The summed E-state index contributed by atoms with van der Waals surface area (Å²) in [6.07, 6.45) is 15.5. The molecule has 0 atom stereocenters. The second-order valence-electron chi connectivity index (χ2n) is 11.9. The Morgan fingerprint density at radius 1 is 0.846 bits per heavy atom. The highest BCUT2D eigenvalue weighted by atomic mass is 19.3. The number of allylic oxidation sites excluding steroid dienone is 2. The fraction of sp³-hybridized carbons (Fsp3) is 0.600. The minimum absolute atomic E-state index is 0.161. The summed E-state index contributed by atoms with van der Waals surface area (Å²) in [5.41, 5.74) is 2.46. The van der Waals surface area contributed by atoms with E-state index in [0.717, 1.165) is 42.7 Å². The number of ether oxygens (including phenoxy) is 1. The molecular formula is C35H47F3O. The first-order valence-corrected chi connectivity index (χ1v) is 15.4. The topological polar surface area (TPSA) is 9.23 Å². The van der Waals surface area contributed by atoms with Crippen LogP contribution in [0.2, 0.25) is 0 Å². The maximum Gasteiger partial charge on any atom is 0.386 e. The van der Waals surface area contributed by atoms with Crippen LogP contribution in [-0.2, 0) is 17.3 Å². The van der Waals surface area contributed by atoms with Gasteiger partial charge in [0.2, 0.25) is 0 Å². The van der Waals surface area contributed by atoms with Gasteiger partial charge in [-0.25, -0.2) is 4.39 Å². The van der Waals surface area contributed by atoms with E-state index in [0.29, 0.717) is 18.3 Å².